The highest BCUT2D eigenvalue weighted by Crippen LogP contribution is 2.32. The average molecular weight is 302 g/mol. The van der Waals surface area contributed by atoms with E-state index in [0.717, 1.165) is 0 Å². The van der Waals surface area contributed by atoms with Gasteiger partial charge in [0.15, 0.2) is 0 Å². The Bertz CT molecular complexity index is 610. The summed E-state index contributed by atoms with van der Waals surface area (Å²) < 4.78 is 0. The van der Waals surface area contributed by atoms with Crippen LogP contribution in [0.3, 0.4) is 0 Å². The summed E-state index contributed by atoms with van der Waals surface area (Å²) in [6, 6.07) is 6.68. The van der Waals surface area contributed by atoms with Crippen LogP contribution in [0.2, 0.25) is 0 Å². The molecule has 1 unspecified atom stereocenters. The van der Waals surface area contributed by atoms with Crippen molar-refractivity contribution in [3.63, 3.8) is 0 Å². The molecule has 116 valence electrons. The molecule has 6 heteroatoms. The third kappa shape index (κ3) is 3.16. The normalized spacial score (nSPS) is 21.4. The fourth-order valence-electron chi connectivity index (χ4n) is 2.51. The van der Waals surface area contributed by atoms with Crippen LogP contribution in [0.4, 0.5) is 5.69 Å². The van der Waals surface area contributed by atoms with Crippen molar-refractivity contribution < 1.29 is 19.5 Å². The third-order valence-corrected chi connectivity index (χ3v) is 3.80. The summed E-state index contributed by atoms with van der Waals surface area (Å²) in [4.78, 5) is 34.5. The van der Waals surface area contributed by atoms with Crippen LogP contribution in [-0.2, 0) is 19.8 Å². The van der Waals surface area contributed by atoms with E-state index in [4.69, 9.17) is 0 Å². The number of hydrogen-bond donors (Lipinski definition) is 3. The first-order valence-corrected chi connectivity index (χ1v) is 7.02. The largest absolute Gasteiger partial charge is 0.481 e. The Kier molecular flexibility index (Phi) is 4.60. The van der Waals surface area contributed by atoms with E-state index in [1.807, 2.05) is 0 Å². The first kappa shape index (κ1) is 15.8. The molecule has 1 aliphatic rings. The Morgan fingerprint density at radius 2 is 2.00 bits per heavy atom. The molecule has 1 aromatic rings. The zero-order valence-electron chi connectivity index (χ0n) is 12.3. The number of benzene rings is 1. The number of anilines is 1. The fourth-order valence-corrected chi connectivity index (χ4v) is 2.51. The number of carbonyl (C=O) groups is 3. The van der Waals surface area contributed by atoms with Gasteiger partial charge in [-0.1, -0.05) is 18.2 Å². The second-order valence-corrected chi connectivity index (χ2v) is 5.23. The van der Waals surface area contributed by atoms with Gasteiger partial charge in [0, 0.05) is 18.7 Å². The molecule has 22 heavy (non-hydrogen) atoms. The number of aliphatic carboxylic acids is 1. The molecule has 2 amide bonds. The number of allylic oxidation sites excluding steroid dienone is 1. The molecule has 6 nitrogen and oxygen atoms in total. The maximum atomic E-state index is 11.7. The lowest BCUT2D eigenvalue weighted by molar-refractivity contribution is -0.145. The van der Waals surface area contributed by atoms with Crippen LogP contribution in [-0.4, -0.2) is 29.4 Å². The SMILES string of the molecule is C/C=C/C(=O)Nc1ccc(C2(C(=O)O)CCC(=O)NC2)cc1. The molecule has 0 aromatic heterocycles. The molecule has 1 aromatic carbocycles. The molecule has 1 atom stereocenters. The van der Waals surface area contributed by atoms with Gasteiger partial charge in [-0.15, -0.1) is 0 Å². The van der Waals surface area contributed by atoms with Crippen molar-refractivity contribution >= 4 is 23.5 Å². The van der Waals surface area contributed by atoms with Crippen LogP contribution in [0.1, 0.15) is 25.3 Å². The van der Waals surface area contributed by atoms with E-state index in [1.54, 1.807) is 37.3 Å². The highest BCUT2D eigenvalue weighted by Gasteiger charge is 2.43. The van der Waals surface area contributed by atoms with Gasteiger partial charge in [0.25, 0.3) is 0 Å². The van der Waals surface area contributed by atoms with Crippen molar-refractivity contribution in [2.75, 3.05) is 11.9 Å². The maximum Gasteiger partial charge on any atom is 0.315 e. The van der Waals surface area contributed by atoms with Gasteiger partial charge in [0.1, 0.15) is 5.41 Å². The molecular formula is C16H18N2O4. The molecule has 1 fully saturated rings. The molecule has 0 saturated carbocycles. The van der Waals surface area contributed by atoms with Crippen LogP contribution in [0, 0.1) is 0 Å². The highest BCUT2D eigenvalue weighted by atomic mass is 16.4. The van der Waals surface area contributed by atoms with E-state index in [9.17, 15) is 19.5 Å². The van der Waals surface area contributed by atoms with Crippen LogP contribution in [0.15, 0.2) is 36.4 Å². The topological polar surface area (TPSA) is 95.5 Å². The van der Waals surface area contributed by atoms with Gasteiger partial charge in [0.2, 0.25) is 11.8 Å². The Hall–Kier alpha value is -2.63. The molecule has 1 saturated heterocycles. The Labute approximate surface area is 128 Å². The molecule has 0 aliphatic carbocycles. The van der Waals surface area contributed by atoms with E-state index in [1.165, 1.54) is 6.08 Å². The van der Waals surface area contributed by atoms with Crippen molar-refractivity contribution in [2.45, 2.75) is 25.2 Å². The fraction of sp³-hybridized carbons (Fsp3) is 0.312. The average Bonchev–Trinajstić information content (AvgIpc) is 2.49. The Morgan fingerprint density at radius 1 is 1.32 bits per heavy atom. The van der Waals surface area contributed by atoms with Gasteiger partial charge < -0.3 is 15.7 Å². The smallest absolute Gasteiger partial charge is 0.315 e. The van der Waals surface area contributed by atoms with Gasteiger partial charge in [-0.2, -0.15) is 0 Å². The zero-order valence-corrected chi connectivity index (χ0v) is 12.3. The number of carbonyl (C=O) groups excluding carboxylic acids is 2. The predicted octanol–water partition coefficient (Wildman–Crippen LogP) is 1.43. The van der Waals surface area contributed by atoms with Crippen molar-refractivity contribution in [2.24, 2.45) is 0 Å². The maximum absolute atomic E-state index is 11.7. The van der Waals surface area contributed by atoms with Crippen molar-refractivity contribution in [3.05, 3.63) is 42.0 Å². The minimum absolute atomic E-state index is 0.0748. The zero-order chi connectivity index (χ0) is 16.2. The Balaban J connectivity index is 2.22. The summed E-state index contributed by atoms with van der Waals surface area (Å²) in [7, 11) is 0. The molecule has 0 spiro atoms. The number of rotatable bonds is 4. The lowest BCUT2D eigenvalue weighted by atomic mass is 9.74. The molecule has 2 rings (SSSR count). The van der Waals surface area contributed by atoms with Gasteiger partial charge in [0.05, 0.1) is 0 Å². The van der Waals surface area contributed by atoms with Crippen molar-refractivity contribution in [1.82, 2.24) is 5.32 Å². The van der Waals surface area contributed by atoms with Gasteiger partial charge >= 0.3 is 5.97 Å². The van der Waals surface area contributed by atoms with E-state index in [0.29, 0.717) is 11.3 Å². The standard InChI is InChI=1S/C16H18N2O4/c1-2-3-14(20)18-12-6-4-11(5-7-12)16(15(21)22)9-8-13(19)17-10-16/h2-7H,8-10H2,1H3,(H,17,19)(H,18,20)(H,21,22)/b3-2+. The van der Waals surface area contributed by atoms with E-state index in [2.05, 4.69) is 10.6 Å². The molecular weight excluding hydrogens is 284 g/mol. The minimum Gasteiger partial charge on any atom is -0.481 e. The predicted molar refractivity (Wildman–Crippen MR) is 81.4 cm³/mol. The van der Waals surface area contributed by atoms with E-state index >= 15 is 0 Å². The number of amides is 2. The van der Waals surface area contributed by atoms with Crippen LogP contribution in [0.25, 0.3) is 0 Å². The second-order valence-electron chi connectivity index (χ2n) is 5.23. The minimum atomic E-state index is -1.11. The number of hydrogen-bond acceptors (Lipinski definition) is 3. The van der Waals surface area contributed by atoms with Crippen LogP contribution >= 0.6 is 0 Å². The van der Waals surface area contributed by atoms with E-state index in [-0.39, 0.29) is 31.2 Å². The molecule has 0 bridgehead atoms. The first-order valence-electron chi connectivity index (χ1n) is 7.02. The molecule has 3 N–H and O–H groups in total. The Morgan fingerprint density at radius 3 is 2.50 bits per heavy atom. The molecule has 0 radical (unpaired) electrons. The lowest BCUT2D eigenvalue weighted by Crippen LogP contribution is -2.51. The summed E-state index contributed by atoms with van der Waals surface area (Å²) in [5, 5.41) is 14.9. The second kappa shape index (κ2) is 6.43. The van der Waals surface area contributed by atoms with Gasteiger partial charge in [-0.25, -0.2) is 0 Å². The van der Waals surface area contributed by atoms with Crippen molar-refractivity contribution in [1.29, 1.82) is 0 Å². The number of carboxylic acid groups (broad SMARTS) is 1. The number of carboxylic acids is 1. The summed E-state index contributed by atoms with van der Waals surface area (Å²) in [5.41, 5.74) is 0.0935. The van der Waals surface area contributed by atoms with E-state index < -0.39 is 11.4 Å². The highest BCUT2D eigenvalue weighted by molar-refractivity contribution is 5.99. The summed E-state index contributed by atoms with van der Waals surface area (Å²) in [6.45, 7) is 1.82. The summed E-state index contributed by atoms with van der Waals surface area (Å²) >= 11 is 0. The van der Waals surface area contributed by atoms with Crippen LogP contribution < -0.4 is 10.6 Å². The molecule has 1 heterocycles. The summed E-state index contributed by atoms with van der Waals surface area (Å²) in [6.07, 6.45) is 3.49. The van der Waals surface area contributed by atoms with Gasteiger partial charge in [-0.3, -0.25) is 14.4 Å². The monoisotopic (exact) mass is 302 g/mol. The molecule has 1 aliphatic heterocycles. The van der Waals surface area contributed by atoms with Crippen molar-refractivity contribution in [3.8, 4) is 0 Å². The number of nitrogens with one attached hydrogen (secondary N) is 2. The number of piperidine rings is 1. The quantitative estimate of drug-likeness (QED) is 0.733. The third-order valence-electron chi connectivity index (χ3n) is 3.80. The lowest BCUT2D eigenvalue weighted by Gasteiger charge is -2.33. The van der Waals surface area contributed by atoms with Crippen LogP contribution in [0.5, 0.6) is 0 Å². The summed E-state index contributed by atoms with van der Waals surface area (Å²) in [5.74, 6) is -1.33. The van der Waals surface area contributed by atoms with Gasteiger partial charge in [-0.05, 0) is 37.1 Å². The first-order chi connectivity index (χ1) is 10.5.